The number of rotatable bonds is 8. The Morgan fingerprint density at radius 3 is 2.59 bits per heavy atom. The molecule has 1 saturated heterocycles. The normalized spacial score (nSPS) is 21.2. The maximum atomic E-state index is 13.7. The molecule has 0 aliphatic carbocycles. The molecule has 0 unspecified atom stereocenters. The zero-order chi connectivity index (χ0) is 21.1. The molecular weight excluding hydrogens is 456 g/mol. The summed E-state index contributed by atoms with van der Waals surface area (Å²) in [5, 5.41) is 11.2. The zero-order valence-electron chi connectivity index (χ0n) is 16.3. The monoisotopic (exact) mass is 480 g/mol. The van der Waals surface area contributed by atoms with E-state index in [4.69, 9.17) is 0 Å². The van der Waals surface area contributed by atoms with Crippen molar-refractivity contribution in [1.29, 1.82) is 0 Å². The van der Waals surface area contributed by atoms with Crippen LogP contribution in [0.15, 0.2) is 59.5 Å². The lowest BCUT2D eigenvalue weighted by Crippen LogP contribution is -2.50. The fourth-order valence-electron chi connectivity index (χ4n) is 4.17. The first-order chi connectivity index (χ1) is 13.8. The van der Waals surface area contributed by atoms with Crippen LogP contribution in [0.5, 0.6) is 0 Å². The molecule has 8 heteroatoms. The Kier molecular flexibility index (Phi) is 6.76. The average molecular weight is 481 g/mol. The van der Waals surface area contributed by atoms with E-state index in [0.717, 1.165) is 37.3 Å². The summed E-state index contributed by atoms with van der Waals surface area (Å²) in [6, 6.07) is 15.0. The predicted octanol–water partition coefficient (Wildman–Crippen LogP) is 5.23. The van der Waals surface area contributed by atoms with Crippen molar-refractivity contribution >= 4 is 31.6 Å². The smallest absolute Gasteiger partial charge is 0.258 e. The maximum Gasteiger partial charge on any atom is 0.270 e. The molecule has 0 spiro atoms. The molecule has 2 aromatic rings. The molecule has 0 bridgehead atoms. The van der Waals surface area contributed by atoms with Crippen molar-refractivity contribution in [2.75, 3.05) is 6.54 Å². The molecule has 29 heavy (non-hydrogen) atoms. The van der Waals surface area contributed by atoms with E-state index in [1.807, 2.05) is 30.3 Å². The van der Waals surface area contributed by atoms with Crippen LogP contribution in [0.2, 0.25) is 0 Å². The van der Waals surface area contributed by atoms with Gasteiger partial charge in [-0.25, -0.2) is 8.42 Å². The Bertz CT molecular complexity index is 968. The second-order valence-electron chi connectivity index (χ2n) is 7.34. The van der Waals surface area contributed by atoms with Gasteiger partial charge in [-0.1, -0.05) is 72.1 Å². The van der Waals surface area contributed by atoms with Gasteiger partial charge in [-0.2, -0.15) is 4.31 Å². The number of hydrogen-bond donors (Lipinski definition) is 0. The number of non-ortho nitro benzene ring substituents is 1. The summed E-state index contributed by atoms with van der Waals surface area (Å²) in [6.45, 7) is 2.50. The Labute approximate surface area is 180 Å². The summed E-state index contributed by atoms with van der Waals surface area (Å²) in [6.07, 6.45) is 4.27. The second kappa shape index (κ2) is 8.93. The third-order valence-corrected chi connectivity index (χ3v) is 8.74. The van der Waals surface area contributed by atoms with Gasteiger partial charge in [0.15, 0.2) is 0 Å². The maximum absolute atomic E-state index is 13.7. The van der Waals surface area contributed by atoms with E-state index in [0.29, 0.717) is 13.0 Å². The predicted molar refractivity (Wildman–Crippen MR) is 117 cm³/mol. The van der Waals surface area contributed by atoms with Gasteiger partial charge in [0, 0.05) is 23.5 Å². The first kappa shape index (κ1) is 21.9. The summed E-state index contributed by atoms with van der Waals surface area (Å²) in [4.78, 5) is 10.5. The van der Waals surface area contributed by atoms with Crippen molar-refractivity contribution in [2.24, 2.45) is 0 Å². The van der Waals surface area contributed by atoms with Crippen LogP contribution >= 0.6 is 15.9 Å². The molecule has 2 aromatic carbocycles. The molecule has 1 aliphatic heterocycles. The third kappa shape index (κ3) is 4.11. The average Bonchev–Trinajstić information content (AvgIpc) is 3.20. The molecule has 2 atom stereocenters. The van der Waals surface area contributed by atoms with E-state index in [1.165, 1.54) is 18.2 Å². The third-order valence-electron chi connectivity index (χ3n) is 5.58. The van der Waals surface area contributed by atoms with Crippen LogP contribution in [0, 0.1) is 10.1 Å². The summed E-state index contributed by atoms with van der Waals surface area (Å²) in [5.74, 6) is 0. The number of halogens is 1. The van der Waals surface area contributed by atoms with Crippen LogP contribution in [0.1, 0.15) is 44.6 Å². The van der Waals surface area contributed by atoms with Gasteiger partial charge in [-0.3, -0.25) is 10.1 Å². The van der Waals surface area contributed by atoms with E-state index in [9.17, 15) is 18.5 Å². The molecule has 1 aliphatic rings. The molecule has 0 N–H and O–H groups in total. The number of alkyl halides is 1. The number of hydrogen-bond acceptors (Lipinski definition) is 4. The summed E-state index contributed by atoms with van der Waals surface area (Å²) < 4.78 is 28.9. The molecule has 6 nitrogen and oxygen atoms in total. The zero-order valence-corrected chi connectivity index (χ0v) is 18.7. The molecule has 0 aromatic heterocycles. The van der Waals surface area contributed by atoms with Crippen molar-refractivity contribution in [2.45, 2.75) is 54.3 Å². The Morgan fingerprint density at radius 2 is 1.93 bits per heavy atom. The number of nitro benzene ring substituents is 1. The van der Waals surface area contributed by atoms with Crippen molar-refractivity contribution in [3.63, 3.8) is 0 Å². The van der Waals surface area contributed by atoms with Gasteiger partial charge in [0.25, 0.3) is 5.69 Å². The highest BCUT2D eigenvalue weighted by atomic mass is 79.9. The first-order valence-electron chi connectivity index (χ1n) is 9.81. The van der Waals surface area contributed by atoms with Gasteiger partial charge in [0.1, 0.15) is 0 Å². The fraction of sp³-hybridized carbons (Fsp3) is 0.429. The van der Waals surface area contributed by atoms with E-state index in [1.54, 1.807) is 4.31 Å². The summed E-state index contributed by atoms with van der Waals surface area (Å²) in [7, 11) is -3.92. The van der Waals surface area contributed by atoms with E-state index in [2.05, 4.69) is 22.9 Å². The van der Waals surface area contributed by atoms with E-state index < -0.39 is 20.5 Å². The fourth-order valence-corrected chi connectivity index (χ4v) is 7.26. The van der Waals surface area contributed by atoms with Crippen LogP contribution in [-0.2, 0) is 15.6 Å². The van der Waals surface area contributed by atoms with Crippen LogP contribution in [0.25, 0.3) is 0 Å². The second-order valence-corrected chi connectivity index (χ2v) is 10.3. The van der Waals surface area contributed by atoms with Gasteiger partial charge in [0.2, 0.25) is 10.0 Å². The minimum Gasteiger partial charge on any atom is -0.258 e. The molecule has 1 fully saturated rings. The first-order valence-corrected chi connectivity index (χ1v) is 12.2. The topological polar surface area (TPSA) is 80.5 Å². The highest BCUT2D eigenvalue weighted by Crippen LogP contribution is 2.49. The minimum absolute atomic E-state index is 0.0379. The largest absolute Gasteiger partial charge is 0.270 e. The molecular formula is C21H25BrN2O4S. The number of benzene rings is 2. The summed E-state index contributed by atoms with van der Waals surface area (Å²) >= 11 is 3.83. The van der Waals surface area contributed by atoms with Crippen molar-refractivity contribution in [3.05, 3.63) is 70.3 Å². The lowest BCUT2D eigenvalue weighted by Gasteiger charge is -2.42. The van der Waals surface area contributed by atoms with Crippen LogP contribution in [-0.4, -0.2) is 29.0 Å². The van der Waals surface area contributed by atoms with Gasteiger partial charge in [0.05, 0.1) is 15.4 Å². The van der Waals surface area contributed by atoms with Crippen LogP contribution in [0.4, 0.5) is 5.69 Å². The number of unbranched alkanes of at least 4 members (excludes halogenated alkanes) is 1. The number of sulfonamides is 1. The Balaban J connectivity index is 2.12. The lowest BCUT2D eigenvalue weighted by atomic mass is 9.83. The van der Waals surface area contributed by atoms with Crippen molar-refractivity contribution < 1.29 is 13.3 Å². The van der Waals surface area contributed by atoms with Gasteiger partial charge in [-0.05, 0) is 30.9 Å². The molecule has 156 valence electrons. The molecule has 0 saturated carbocycles. The number of nitrogens with zero attached hydrogens (tertiary/aromatic N) is 2. The molecule has 0 amide bonds. The summed E-state index contributed by atoms with van der Waals surface area (Å²) in [5.41, 5.74) is 0.00122. The number of nitro groups is 1. The standard InChI is InChI=1S/C21H25BrN2O4S/c1-2-3-13-20(22)21(17-9-5-4-6-10-17)14-8-15-23(21)29(27,28)19-12-7-11-18(16-19)24(25)26/h4-7,9-12,16,20H,2-3,8,13-15H2,1H3/t20-,21-/m0/s1. The van der Waals surface area contributed by atoms with Crippen LogP contribution in [0.3, 0.4) is 0 Å². The lowest BCUT2D eigenvalue weighted by molar-refractivity contribution is -0.385. The molecule has 1 heterocycles. The van der Waals surface area contributed by atoms with Crippen molar-refractivity contribution in [3.8, 4) is 0 Å². The highest BCUT2D eigenvalue weighted by molar-refractivity contribution is 9.09. The van der Waals surface area contributed by atoms with Crippen LogP contribution < -0.4 is 0 Å². The van der Waals surface area contributed by atoms with E-state index >= 15 is 0 Å². The minimum atomic E-state index is -3.92. The van der Waals surface area contributed by atoms with Gasteiger partial charge in [-0.15, -0.1) is 0 Å². The van der Waals surface area contributed by atoms with Crippen molar-refractivity contribution in [1.82, 2.24) is 4.31 Å². The van der Waals surface area contributed by atoms with Gasteiger partial charge < -0.3 is 0 Å². The highest BCUT2D eigenvalue weighted by Gasteiger charge is 2.52. The quantitative estimate of drug-likeness (QED) is 0.294. The SMILES string of the molecule is CCCC[C@H](Br)[C@@]1(c2ccccc2)CCCN1S(=O)(=O)c1cccc([N+](=O)[O-])c1. The Morgan fingerprint density at radius 1 is 1.21 bits per heavy atom. The van der Waals surface area contributed by atoms with E-state index in [-0.39, 0.29) is 15.4 Å². The molecule has 0 radical (unpaired) electrons. The Hall–Kier alpha value is -1.77. The van der Waals surface area contributed by atoms with Gasteiger partial charge >= 0.3 is 0 Å². The molecule has 3 rings (SSSR count).